The molecular formula is C24H30N2O4. The predicted octanol–water partition coefficient (Wildman–Crippen LogP) is 4.29. The van der Waals surface area contributed by atoms with E-state index in [0.29, 0.717) is 23.8 Å². The van der Waals surface area contributed by atoms with Gasteiger partial charge in [0.15, 0.2) is 11.5 Å². The van der Waals surface area contributed by atoms with Gasteiger partial charge in [-0.15, -0.1) is 0 Å². The van der Waals surface area contributed by atoms with Crippen molar-refractivity contribution in [2.75, 3.05) is 32.6 Å². The number of carbonyl (C=O) groups excluding carboxylic acids is 2. The lowest BCUT2D eigenvalue weighted by atomic mass is 10.2. The highest BCUT2D eigenvalue weighted by Gasteiger charge is 2.11. The fourth-order valence-corrected chi connectivity index (χ4v) is 2.66. The molecule has 0 saturated heterocycles. The number of benzene rings is 2. The van der Waals surface area contributed by atoms with Crippen molar-refractivity contribution in [3.63, 3.8) is 0 Å². The van der Waals surface area contributed by atoms with Crippen LogP contribution in [0, 0.1) is 6.92 Å². The number of carbonyl (C=O) groups is 2. The Morgan fingerprint density at radius 1 is 1.10 bits per heavy atom. The Labute approximate surface area is 178 Å². The Balaban J connectivity index is 1.92. The molecule has 0 saturated carbocycles. The lowest BCUT2D eigenvalue weighted by Gasteiger charge is -2.15. The molecule has 6 heteroatoms. The lowest BCUT2D eigenvalue weighted by Crippen LogP contribution is -2.33. The summed E-state index contributed by atoms with van der Waals surface area (Å²) in [5.41, 5.74) is 2.62. The monoisotopic (exact) mass is 410 g/mol. The van der Waals surface area contributed by atoms with E-state index in [1.807, 2.05) is 49.4 Å². The van der Waals surface area contributed by atoms with E-state index in [0.717, 1.165) is 24.0 Å². The first kappa shape index (κ1) is 23.0. The van der Waals surface area contributed by atoms with Crippen LogP contribution in [0.5, 0.6) is 11.5 Å². The molecule has 0 aliphatic heterocycles. The first-order valence-corrected chi connectivity index (χ1v) is 10.0. The number of rotatable bonds is 10. The number of ether oxygens (including phenoxy) is 2. The molecule has 0 aromatic heterocycles. The summed E-state index contributed by atoms with van der Waals surface area (Å²) in [4.78, 5) is 25.9. The highest BCUT2D eigenvalue weighted by Crippen LogP contribution is 2.28. The second-order valence-corrected chi connectivity index (χ2v) is 7.05. The molecule has 0 aliphatic carbocycles. The molecule has 6 nitrogen and oxygen atoms in total. The van der Waals surface area contributed by atoms with Gasteiger partial charge in [-0.2, -0.15) is 0 Å². The average Bonchev–Trinajstić information content (AvgIpc) is 2.74. The van der Waals surface area contributed by atoms with Crippen molar-refractivity contribution in [1.82, 2.24) is 4.90 Å². The summed E-state index contributed by atoms with van der Waals surface area (Å²) in [6.45, 7) is 4.68. The third-order valence-electron chi connectivity index (χ3n) is 4.45. The number of hydrogen-bond donors (Lipinski definition) is 1. The van der Waals surface area contributed by atoms with Crippen molar-refractivity contribution in [2.45, 2.75) is 26.7 Å². The van der Waals surface area contributed by atoms with Gasteiger partial charge in [0.25, 0.3) is 0 Å². The minimum atomic E-state index is -0.267. The summed E-state index contributed by atoms with van der Waals surface area (Å²) >= 11 is 0. The number of nitrogens with one attached hydrogen (secondary N) is 1. The van der Waals surface area contributed by atoms with Gasteiger partial charge in [0.2, 0.25) is 11.8 Å². The molecule has 0 bridgehead atoms. The molecule has 0 atom stereocenters. The second-order valence-electron chi connectivity index (χ2n) is 7.05. The van der Waals surface area contributed by atoms with Crippen LogP contribution >= 0.6 is 0 Å². The van der Waals surface area contributed by atoms with Crippen LogP contribution in [-0.2, 0) is 9.59 Å². The summed E-state index contributed by atoms with van der Waals surface area (Å²) in [7, 11) is 3.17. The molecule has 0 radical (unpaired) electrons. The summed E-state index contributed by atoms with van der Waals surface area (Å²) in [6.07, 6.45) is 5.16. The van der Waals surface area contributed by atoms with E-state index >= 15 is 0 Å². The molecule has 2 aromatic carbocycles. The normalized spacial score (nSPS) is 10.7. The van der Waals surface area contributed by atoms with Crippen LogP contribution in [0.3, 0.4) is 0 Å². The van der Waals surface area contributed by atoms with E-state index in [1.165, 1.54) is 11.0 Å². The number of nitrogens with zero attached hydrogens (tertiary/aromatic N) is 1. The fourth-order valence-electron chi connectivity index (χ4n) is 2.66. The van der Waals surface area contributed by atoms with E-state index in [4.69, 9.17) is 9.47 Å². The van der Waals surface area contributed by atoms with E-state index in [-0.39, 0.29) is 18.4 Å². The largest absolute Gasteiger partial charge is 0.493 e. The van der Waals surface area contributed by atoms with Crippen LogP contribution in [0.25, 0.3) is 6.08 Å². The molecule has 0 fully saturated rings. The van der Waals surface area contributed by atoms with E-state index in [1.54, 1.807) is 20.2 Å². The van der Waals surface area contributed by atoms with Gasteiger partial charge in [0.1, 0.15) is 0 Å². The van der Waals surface area contributed by atoms with E-state index in [2.05, 4.69) is 12.2 Å². The number of anilines is 1. The number of amides is 2. The first-order valence-electron chi connectivity index (χ1n) is 10.0. The molecule has 30 heavy (non-hydrogen) atoms. The first-order chi connectivity index (χ1) is 14.4. The molecule has 0 heterocycles. The summed E-state index contributed by atoms with van der Waals surface area (Å²) in [5, 5.41) is 2.78. The maximum absolute atomic E-state index is 12.3. The second kappa shape index (κ2) is 11.7. The minimum absolute atomic E-state index is 0.0371. The standard InChI is InChI=1S/C24H30N2O4/c1-5-6-15-30-21-13-9-19(16-22(21)29-4)10-14-24(28)26(3)17-23(27)25-20-11-7-18(2)8-12-20/h7-14,16H,5-6,15,17H2,1-4H3,(H,25,27)/b14-10+. The van der Waals surface area contributed by atoms with Gasteiger partial charge in [-0.3, -0.25) is 9.59 Å². The Morgan fingerprint density at radius 3 is 2.50 bits per heavy atom. The summed E-state index contributed by atoms with van der Waals surface area (Å²) in [6, 6.07) is 13.0. The van der Waals surface area contributed by atoms with Crippen molar-refractivity contribution in [3.8, 4) is 11.5 Å². The van der Waals surface area contributed by atoms with Crippen LogP contribution in [-0.4, -0.2) is 44.0 Å². The number of aryl methyl sites for hydroxylation is 1. The van der Waals surface area contributed by atoms with Gasteiger partial charge in [0.05, 0.1) is 20.3 Å². The van der Waals surface area contributed by atoms with Crippen molar-refractivity contribution in [1.29, 1.82) is 0 Å². The average molecular weight is 411 g/mol. The number of hydrogen-bond acceptors (Lipinski definition) is 4. The van der Waals surface area contributed by atoms with E-state index < -0.39 is 0 Å². The van der Waals surface area contributed by atoms with Gasteiger partial charge in [-0.1, -0.05) is 37.1 Å². The van der Waals surface area contributed by atoms with Crippen molar-refractivity contribution in [3.05, 3.63) is 59.7 Å². The van der Waals surface area contributed by atoms with Gasteiger partial charge in [-0.05, 0) is 49.2 Å². The molecule has 0 aliphatic rings. The van der Waals surface area contributed by atoms with Crippen molar-refractivity contribution >= 4 is 23.6 Å². The van der Waals surface area contributed by atoms with E-state index in [9.17, 15) is 9.59 Å². The van der Waals surface area contributed by atoms with Gasteiger partial charge >= 0.3 is 0 Å². The molecular weight excluding hydrogens is 380 g/mol. The maximum Gasteiger partial charge on any atom is 0.246 e. The van der Waals surface area contributed by atoms with Gasteiger partial charge in [0, 0.05) is 18.8 Å². The molecule has 1 N–H and O–H groups in total. The van der Waals surface area contributed by atoms with Crippen LogP contribution < -0.4 is 14.8 Å². The zero-order chi connectivity index (χ0) is 21.9. The summed E-state index contributed by atoms with van der Waals surface area (Å²) in [5.74, 6) is 0.778. The number of likely N-dealkylation sites (N-methyl/N-ethyl adjacent to an activating group) is 1. The predicted molar refractivity (Wildman–Crippen MR) is 120 cm³/mol. The Hall–Kier alpha value is -3.28. The van der Waals surface area contributed by atoms with Crippen LogP contribution in [0.15, 0.2) is 48.5 Å². The quantitative estimate of drug-likeness (QED) is 0.469. The number of methoxy groups -OCH3 is 1. The SMILES string of the molecule is CCCCOc1ccc(/C=C/C(=O)N(C)CC(=O)Nc2ccc(C)cc2)cc1OC. The molecule has 0 spiro atoms. The minimum Gasteiger partial charge on any atom is -0.493 e. The van der Waals surface area contributed by atoms with Crippen LogP contribution in [0.2, 0.25) is 0 Å². The maximum atomic E-state index is 12.3. The Bertz CT molecular complexity index is 875. The lowest BCUT2D eigenvalue weighted by molar-refractivity contribution is -0.129. The smallest absolute Gasteiger partial charge is 0.246 e. The third-order valence-corrected chi connectivity index (χ3v) is 4.45. The van der Waals surface area contributed by atoms with Gasteiger partial charge in [-0.25, -0.2) is 0 Å². The van der Waals surface area contributed by atoms with Gasteiger partial charge < -0.3 is 19.7 Å². The molecule has 2 aromatic rings. The number of unbranched alkanes of at least 4 members (excludes halogenated alkanes) is 1. The van der Waals surface area contributed by atoms with Crippen LogP contribution in [0.1, 0.15) is 30.9 Å². The highest BCUT2D eigenvalue weighted by atomic mass is 16.5. The van der Waals surface area contributed by atoms with Crippen molar-refractivity contribution < 1.29 is 19.1 Å². The van der Waals surface area contributed by atoms with Crippen molar-refractivity contribution in [2.24, 2.45) is 0 Å². The van der Waals surface area contributed by atoms with Crippen LogP contribution in [0.4, 0.5) is 5.69 Å². The Morgan fingerprint density at radius 2 is 1.83 bits per heavy atom. The fraction of sp³-hybridized carbons (Fsp3) is 0.333. The molecule has 2 rings (SSSR count). The summed E-state index contributed by atoms with van der Waals surface area (Å²) < 4.78 is 11.1. The topological polar surface area (TPSA) is 67.9 Å². The molecule has 160 valence electrons. The highest BCUT2D eigenvalue weighted by molar-refractivity contribution is 5.97. The molecule has 0 unspecified atom stereocenters. The zero-order valence-electron chi connectivity index (χ0n) is 18.1. The molecule has 2 amide bonds. The zero-order valence-corrected chi connectivity index (χ0v) is 18.1. The third kappa shape index (κ3) is 7.28. The Kier molecular flexibility index (Phi) is 8.94.